The van der Waals surface area contributed by atoms with Crippen molar-refractivity contribution in [3.8, 4) is 28.6 Å². The average molecular weight is 366 g/mol. The molecule has 0 atom stereocenters. The lowest BCUT2D eigenvalue weighted by Gasteiger charge is -2.10. The van der Waals surface area contributed by atoms with Crippen LogP contribution >= 0.6 is 0 Å². The standard InChI is InChI=1S/C21H22N2O4/c1-14(2)15-4-8-17(9-5-15)23-19(12-20(22-23)27-13-21(24)25)16-6-10-18(26-3)11-7-16/h4-12,14H,13H2,1-3H3,(H,24,25). The van der Waals surface area contributed by atoms with Crippen molar-refractivity contribution >= 4 is 5.97 Å². The van der Waals surface area contributed by atoms with Crippen LogP contribution in [0.15, 0.2) is 54.6 Å². The number of ether oxygens (including phenoxy) is 2. The zero-order valence-electron chi connectivity index (χ0n) is 15.5. The van der Waals surface area contributed by atoms with Crippen LogP contribution in [-0.4, -0.2) is 34.6 Å². The van der Waals surface area contributed by atoms with Crippen LogP contribution in [0.25, 0.3) is 16.9 Å². The first kappa shape index (κ1) is 18.5. The Morgan fingerprint density at radius 3 is 2.33 bits per heavy atom. The summed E-state index contributed by atoms with van der Waals surface area (Å²) in [6.07, 6.45) is 0. The van der Waals surface area contributed by atoms with E-state index in [2.05, 4.69) is 31.1 Å². The van der Waals surface area contributed by atoms with E-state index in [4.69, 9.17) is 14.6 Å². The van der Waals surface area contributed by atoms with Crippen molar-refractivity contribution < 1.29 is 19.4 Å². The highest BCUT2D eigenvalue weighted by atomic mass is 16.5. The Morgan fingerprint density at radius 2 is 1.78 bits per heavy atom. The minimum Gasteiger partial charge on any atom is -0.497 e. The number of rotatable bonds is 7. The second-order valence-corrected chi connectivity index (χ2v) is 6.44. The van der Waals surface area contributed by atoms with Crippen molar-refractivity contribution in [2.45, 2.75) is 19.8 Å². The highest BCUT2D eigenvalue weighted by Crippen LogP contribution is 2.29. The Morgan fingerprint density at radius 1 is 1.11 bits per heavy atom. The van der Waals surface area contributed by atoms with E-state index < -0.39 is 12.6 Å². The lowest BCUT2D eigenvalue weighted by molar-refractivity contribution is -0.139. The van der Waals surface area contributed by atoms with Gasteiger partial charge in [0.25, 0.3) is 0 Å². The first-order chi connectivity index (χ1) is 13.0. The second kappa shape index (κ2) is 7.95. The summed E-state index contributed by atoms with van der Waals surface area (Å²) in [4.78, 5) is 10.8. The molecule has 0 amide bonds. The molecular weight excluding hydrogens is 344 g/mol. The van der Waals surface area contributed by atoms with Gasteiger partial charge in [0.15, 0.2) is 6.61 Å². The second-order valence-electron chi connectivity index (χ2n) is 6.44. The third-order valence-electron chi connectivity index (χ3n) is 4.22. The average Bonchev–Trinajstić information content (AvgIpc) is 3.11. The smallest absolute Gasteiger partial charge is 0.341 e. The van der Waals surface area contributed by atoms with Crippen molar-refractivity contribution in [1.29, 1.82) is 0 Å². The summed E-state index contributed by atoms with van der Waals surface area (Å²) in [5.41, 5.74) is 3.83. The number of carboxylic acid groups (broad SMARTS) is 1. The Balaban J connectivity index is 2.02. The molecule has 1 N–H and O–H groups in total. The molecule has 6 nitrogen and oxygen atoms in total. The van der Waals surface area contributed by atoms with Gasteiger partial charge in [-0.15, -0.1) is 5.10 Å². The zero-order valence-corrected chi connectivity index (χ0v) is 15.5. The Bertz CT molecular complexity index is 912. The monoisotopic (exact) mass is 366 g/mol. The van der Waals surface area contributed by atoms with Gasteiger partial charge in [0.05, 0.1) is 18.5 Å². The zero-order chi connectivity index (χ0) is 19.4. The van der Waals surface area contributed by atoms with Gasteiger partial charge >= 0.3 is 5.97 Å². The predicted molar refractivity (Wildman–Crippen MR) is 103 cm³/mol. The first-order valence-corrected chi connectivity index (χ1v) is 8.67. The maximum Gasteiger partial charge on any atom is 0.341 e. The molecule has 0 saturated carbocycles. The lowest BCUT2D eigenvalue weighted by Crippen LogP contribution is -2.10. The Kier molecular flexibility index (Phi) is 5.45. The molecule has 1 heterocycles. The Hall–Kier alpha value is -3.28. The Labute approximate surface area is 158 Å². The number of hydrogen-bond acceptors (Lipinski definition) is 4. The molecule has 3 rings (SSSR count). The van der Waals surface area contributed by atoms with Gasteiger partial charge in [-0.1, -0.05) is 26.0 Å². The quantitative estimate of drug-likeness (QED) is 0.680. The van der Waals surface area contributed by atoms with Crippen LogP contribution in [0.1, 0.15) is 25.3 Å². The first-order valence-electron chi connectivity index (χ1n) is 8.67. The number of carbonyl (C=O) groups is 1. The molecule has 6 heteroatoms. The summed E-state index contributed by atoms with van der Waals surface area (Å²) in [7, 11) is 1.62. The van der Waals surface area contributed by atoms with Crippen molar-refractivity contribution in [2.75, 3.05) is 13.7 Å². The van der Waals surface area contributed by atoms with Gasteiger partial charge < -0.3 is 14.6 Å². The number of nitrogens with zero attached hydrogens (tertiary/aromatic N) is 2. The number of carboxylic acids is 1. The fraction of sp³-hybridized carbons (Fsp3) is 0.238. The van der Waals surface area contributed by atoms with E-state index in [0.717, 1.165) is 22.7 Å². The van der Waals surface area contributed by atoms with E-state index in [1.54, 1.807) is 17.9 Å². The minimum absolute atomic E-state index is 0.260. The molecule has 0 bridgehead atoms. The molecule has 0 spiro atoms. The van der Waals surface area contributed by atoms with Crippen molar-refractivity contribution in [1.82, 2.24) is 9.78 Å². The van der Waals surface area contributed by atoms with E-state index in [1.807, 2.05) is 36.4 Å². The predicted octanol–water partition coefficient (Wildman–Crippen LogP) is 4.13. The van der Waals surface area contributed by atoms with Gasteiger partial charge in [-0.25, -0.2) is 9.48 Å². The van der Waals surface area contributed by atoms with Gasteiger partial charge in [-0.3, -0.25) is 0 Å². The summed E-state index contributed by atoms with van der Waals surface area (Å²) in [5.74, 6) is 0.411. The molecule has 140 valence electrons. The molecule has 1 aromatic heterocycles. The maximum absolute atomic E-state index is 10.8. The highest BCUT2D eigenvalue weighted by molar-refractivity contribution is 5.69. The highest BCUT2D eigenvalue weighted by Gasteiger charge is 2.14. The fourth-order valence-corrected chi connectivity index (χ4v) is 2.73. The molecule has 3 aromatic rings. The van der Waals surface area contributed by atoms with Crippen LogP contribution in [0.2, 0.25) is 0 Å². The number of methoxy groups -OCH3 is 1. The lowest BCUT2D eigenvalue weighted by atomic mass is 10.0. The molecule has 0 aliphatic carbocycles. The number of hydrogen-bond donors (Lipinski definition) is 1. The van der Waals surface area contributed by atoms with Crippen LogP contribution in [-0.2, 0) is 4.79 Å². The summed E-state index contributed by atoms with van der Waals surface area (Å²) in [5, 5.41) is 13.3. The van der Waals surface area contributed by atoms with E-state index in [-0.39, 0.29) is 5.88 Å². The van der Waals surface area contributed by atoms with E-state index in [9.17, 15) is 4.79 Å². The maximum atomic E-state index is 10.8. The molecule has 0 fully saturated rings. The number of benzene rings is 2. The van der Waals surface area contributed by atoms with Gasteiger partial charge in [-0.05, 0) is 47.9 Å². The summed E-state index contributed by atoms with van der Waals surface area (Å²) >= 11 is 0. The summed E-state index contributed by atoms with van der Waals surface area (Å²) in [6.45, 7) is 3.85. The topological polar surface area (TPSA) is 73.6 Å². The van der Waals surface area contributed by atoms with Gasteiger partial charge in [0.1, 0.15) is 5.75 Å². The van der Waals surface area contributed by atoms with Crippen molar-refractivity contribution in [3.05, 3.63) is 60.2 Å². The van der Waals surface area contributed by atoms with E-state index in [0.29, 0.717) is 5.92 Å². The normalized spacial score (nSPS) is 10.8. The molecule has 0 saturated heterocycles. The van der Waals surface area contributed by atoms with Crippen molar-refractivity contribution in [3.63, 3.8) is 0 Å². The molecule has 0 unspecified atom stereocenters. The number of aromatic nitrogens is 2. The molecular formula is C21H22N2O4. The summed E-state index contributed by atoms with van der Waals surface area (Å²) < 4.78 is 12.2. The molecule has 2 aromatic carbocycles. The van der Waals surface area contributed by atoms with Crippen LogP contribution in [0.4, 0.5) is 0 Å². The third kappa shape index (κ3) is 4.28. The molecule has 0 aliphatic heterocycles. The SMILES string of the molecule is COc1ccc(-c2cc(OCC(=O)O)nn2-c2ccc(C(C)C)cc2)cc1. The molecule has 0 radical (unpaired) electrons. The van der Waals surface area contributed by atoms with Gasteiger partial charge in [0.2, 0.25) is 5.88 Å². The van der Waals surface area contributed by atoms with Gasteiger partial charge in [0, 0.05) is 11.6 Å². The van der Waals surface area contributed by atoms with E-state index in [1.165, 1.54) is 5.56 Å². The van der Waals surface area contributed by atoms with E-state index >= 15 is 0 Å². The summed E-state index contributed by atoms with van der Waals surface area (Å²) in [6, 6.07) is 17.5. The molecule has 0 aliphatic rings. The van der Waals surface area contributed by atoms with Crippen molar-refractivity contribution in [2.24, 2.45) is 0 Å². The minimum atomic E-state index is -1.04. The van der Waals surface area contributed by atoms with Crippen LogP contribution in [0.3, 0.4) is 0 Å². The van der Waals surface area contributed by atoms with Crippen LogP contribution in [0.5, 0.6) is 11.6 Å². The largest absolute Gasteiger partial charge is 0.497 e. The fourth-order valence-electron chi connectivity index (χ4n) is 2.73. The van der Waals surface area contributed by atoms with Crippen LogP contribution in [0, 0.1) is 0 Å². The number of aliphatic carboxylic acids is 1. The third-order valence-corrected chi connectivity index (χ3v) is 4.22. The van der Waals surface area contributed by atoms with Crippen LogP contribution < -0.4 is 9.47 Å². The van der Waals surface area contributed by atoms with Gasteiger partial charge in [-0.2, -0.15) is 0 Å². The molecule has 27 heavy (non-hydrogen) atoms.